The van der Waals surface area contributed by atoms with Crippen molar-refractivity contribution in [2.45, 2.75) is 0 Å². The highest BCUT2D eigenvalue weighted by molar-refractivity contribution is 5.75. The van der Waals surface area contributed by atoms with Crippen LogP contribution < -0.4 is 5.73 Å². The van der Waals surface area contributed by atoms with Gasteiger partial charge in [-0.15, -0.1) is 0 Å². The van der Waals surface area contributed by atoms with Gasteiger partial charge in [0, 0.05) is 24.2 Å². The van der Waals surface area contributed by atoms with Crippen LogP contribution in [0.25, 0.3) is 5.57 Å². The lowest BCUT2D eigenvalue weighted by atomic mass is 10.1. The summed E-state index contributed by atoms with van der Waals surface area (Å²) >= 11 is 0. The molecule has 11 heavy (non-hydrogen) atoms. The minimum Gasteiger partial charge on any atom is -0.404 e. The van der Waals surface area contributed by atoms with Crippen molar-refractivity contribution in [2.75, 3.05) is 0 Å². The normalized spacial score (nSPS) is 10.6. The van der Waals surface area contributed by atoms with Crippen LogP contribution >= 0.6 is 0 Å². The number of aromatic nitrogens is 1. The summed E-state index contributed by atoms with van der Waals surface area (Å²) in [6, 6.07) is 5.51. The molecule has 0 aromatic carbocycles. The topological polar surface area (TPSA) is 62.7 Å². The van der Waals surface area contributed by atoms with Gasteiger partial charge in [0.2, 0.25) is 0 Å². The van der Waals surface area contributed by atoms with E-state index in [1.165, 1.54) is 6.20 Å². The number of rotatable bonds is 1. The highest BCUT2D eigenvalue weighted by atomic mass is 14.6. The van der Waals surface area contributed by atoms with Crippen molar-refractivity contribution in [1.29, 1.82) is 5.26 Å². The Morgan fingerprint density at radius 1 is 1.73 bits per heavy atom. The second-order valence-corrected chi connectivity index (χ2v) is 1.93. The maximum Gasteiger partial charge on any atom is 0.101 e. The lowest BCUT2D eigenvalue weighted by Crippen LogP contribution is -1.87. The molecule has 0 saturated carbocycles. The van der Waals surface area contributed by atoms with Crippen molar-refractivity contribution in [3.05, 3.63) is 36.3 Å². The molecular formula is C8H7N3. The Balaban J connectivity index is 3.05. The van der Waals surface area contributed by atoms with Gasteiger partial charge in [0.25, 0.3) is 0 Å². The predicted molar refractivity (Wildman–Crippen MR) is 42.0 cm³/mol. The van der Waals surface area contributed by atoms with E-state index >= 15 is 0 Å². The number of pyridine rings is 1. The van der Waals surface area contributed by atoms with Crippen LogP contribution in [-0.2, 0) is 0 Å². The minimum absolute atomic E-state index is 0.443. The van der Waals surface area contributed by atoms with Crippen molar-refractivity contribution in [3.63, 3.8) is 0 Å². The first-order valence-corrected chi connectivity index (χ1v) is 3.11. The summed E-state index contributed by atoms with van der Waals surface area (Å²) in [7, 11) is 0. The van der Waals surface area contributed by atoms with E-state index in [0.29, 0.717) is 5.57 Å². The second kappa shape index (κ2) is 3.37. The van der Waals surface area contributed by atoms with Crippen LogP contribution in [0.1, 0.15) is 5.56 Å². The van der Waals surface area contributed by atoms with E-state index in [-0.39, 0.29) is 0 Å². The number of hydrogen-bond donors (Lipinski definition) is 1. The Morgan fingerprint density at radius 2 is 2.55 bits per heavy atom. The molecule has 1 heterocycles. The summed E-state index contributed by atoms with van der Waals surface area (Å²) in [4.78, 5) is 3.85. The molecule has 3 nitrogen and oxygen atoms in total. The van der Waals surface area contributed by atoms with E-state index in [4.69, 9.17) is 11.0 Å². The van der Waals surface area contributed by atoms with E-state index in [2.05, 4.69) is 4.98 Å². The lowest BCUT2D eigenvalue weighted by molar-refractivity contribution is 1.31. The number of hydrogen-bond acceptors (Lipinski definition) is 3. The third-order valence-corrected chi connectivity index (χ3v) is 1.26. The van der Waals surface area contributed by atoms with Crippen LogP contribution in [0.3, 0.4) is 0 Å². The first-order chi connectivity index (χ1) is 5.38. The zero-order valence-electron chi connectivity index (χ0n) is 5.86. The molecule has 0 spiro atoms. The van der Waals surface area contributed by atoms with Crippen LogP contribution in [0.5, 0.6) is 0 Å². The zero-order valence-corrected chi connectivity index (χ0v) is 5.86. The van der Waals surface area contributed by atoms with Gasteiger partial charge in [0.15, 0.2) is 0 Å². The monoisotopic (exact) mass is 145 g/mol. The van der Waals surface area contributed by atoms with Gasteiger partial charge in [0.05, 0.1) is 5.57 Å². The van der Waals surface area contributed by atoms with Gasteiger partial charge in [0.1, 0.15) is 6.07 Å². The average molecular weight is 145 g/mol. The Hall–Kier alpha value is -1.82. The van der Waals surface area contributed by atoms with Crippen LogP contribution in [0, 0.1) is 11.3 Å². The highest BCUT2D eigenvalue weighted by Gasteiger charge is 1.96. The van der Waals surface area contributed by atoms with Crippen molar-refractivity contribution < 1.29 is 0 Å². The molecule has 0 unspecified atom stereocenters. The summed E-state index contributed by atoms with van der Waals surface area (Å²) in [5, 5.41) is 8.55. The molecule has 0 aliphatic rings. The van der Waals surface area contributed by atoms with Crippen LogP contribution in [0.15, 0.2) is 30.7 Å². The third kappa shape index (κ3) is 1.55. The highest BCUT2D eigenvalue weighted by Crippen LogP contribution is 2.08. The SMILES string of the molecule is N#C/C(=C/N)c1cccnc1. The first-order valence-electron chi connectivity index (χ1n) is 3.11. The summed E-state index contributed by atoms with van der Waals surface area (Å²) in [6.07, 6.45) is 4.52. The minimum atomic E-state index is 0.443. The average Bonchev–Trinajstić information content (AvgIpc) is 2.09. The second-order valence-electron chi connectivity index (χ2n) is 1.93. The summed E-state index contributed by atoms with van der Waals surface area (Å²) in [6.45, 7) is 0. The van der Waals surface area contributed by atoms with E-state index < -0.39 is 0 Å². The van der Waals surface area contributed by atoms with Crippen LogP contribution in [0.4, 0.5) is 0 Å². The van der Waals surface area contributed by atoms with Crippen molar-refractivity contribution in [1.82, 2.24) is 4.98 Å². The van der Waals surface area contributed by atoms with E-state index in [1.807, 2.05) is 6.07 Å². The fourth-order valence-electron chi connectivity index (χ4n) is 0.720. The zero-order chi connectivity index (χ0) is 8.10. The Kier molecular flexibility index (Phi) is 2.24. The molecule has 2 N–H and O–H groups in total. The Bertz CT molecular complexity index is 295. The molecule has 1 aromatic rings. The number of allylic oxidation sites excluding steroid dienone is 1. The maximum absolute atomic E-state index is 8.55. The smallest absolute Gasteiger partial charge is 0.101 e. The molecule has 0 aliphatic carbocycles. The fourth-order valence-corrected chi connectivity index (χ4v) is 0.720. The quantitative estimate of drug-likeness (QED) is 0.597. The molecule has 54 valence electrons. The summed E-state index contributed by atoms with van der Waals surface area (Å²) < 4.78 is 0. The van der Waals surface area contributed by atoms with Gasteiger partial charge >= 0.3 is 0 Å². The molecule has 0 fully saturated rings. The van der Waals surface area contributed by atoms with Gasteiger partial charge in [-0.25, -0.2) is 0 Å². The van der Waals surface area contributed by atoms with E-state index in [0.717, 1.165) is 5.56 Å². The molecule has 0 saturated heterocycles. The molecule has 0 radical (unpaired) electrons. The molecule has 1 rings (SSSR count). The van der Waals surface area contributed by atoms with Gasteiger partial charge in [-0.3, -0.25) is 4.98 Å². The summed E-state index contributed by atoms with van der Waals surface area (Å²) in [5.74, 6) is 0. The van der Waals surface area contributed by atoms with Crippen molar-refractivity contribution in [2.24, 2.45) is 5.73 Å². The Labute approximate surface area is 64.8 Å². The van der Waals surface area contributed by atoms with Gasteiger partial charge in [-0.05, 0) is 6.07 Å². The van der Waals surface area contributed by atoms with Crippen LogP contribution in [-0.4, -0.2) is 4.98 Å². The Morgan fingerprint density at radius 3 is 3.00 bits per heavy atom. The predicted octanol–water partition coefficient (Wildman–Crippen LogP) is 0.905. The largest absolute Gasteiger partial charge is 0.404 e. The molecule has 1 aromatic heterocycles. The molecule has 0 bridgehead atoms. The number of nitrogens with two attached hydrogens (primary N) is 1. The van der Waals surface area contributed by atoms with Gasteiger partial charge < -0.3 is 5.73 Å². The molecule has 0 amide bonds. The van der Waals surface area contributed by atoms with Gasteiger partial charge in [-0.1, -0.05) is 6.07 Å². The summed E-state index contributed by atoms with van der Waals surface area (Å²) in [5.41, 5.74) is 6.39. The number of nitriles is 1. The maximum atomic E-state index is 8.55. The first kappa shape index (κ1) is 7.29. The van der Waals surface area contributed by atoms with Crippen molar-refractivity contribution >= 4 is 5.57 Å². The van der Waals surface area contributed by atoms with Crippen molar-refractivity contribution in [3.8, 4) is 6.07 Å². The van der Waals surface area contributed by atoms with Crippen LogP contribution in [0.2, 0.25) is 0 Å². The van der Waals surface area contributed by atoms with E-state index in [1.54, 1.807) is 24.5 Å². The number of nitrogens with zero attached hydrogens (tertiary/aromatic N) is 2. The standard InChI is InChI=1S/C8H7N3/c9-4-8(5-10)7-2-1-3-11-6-7/h1-4,6H,9H2/b8-4-. The fraction of sp³-hybridized carbons (Fsp3) is 0. The molecular weight excluding hydrogens is 138 g/mol. The molecule has 0 atom stereocenters. The van der Waals surface area contributed by atoms with E-state index in [9.17, 15) is 0 Å². The lowest BCUT2D eigenvalue weighted by Gasteiger charge is -1.93. The van der Waals surface area contributed by atoms with Gasteiger partial charge in [-0.2, -0.15) is 5.26 Å². The molecule has 3 heteroatoms. The third-order valence-electron chi connectivity index (χ3n) is 1.26. The molecule has 0 aliphatic heterocycles.